The monoisotopic (exact) mass is 242 g/mol. The standard InChI is InChI=1S/C13H16Cl2/c1-9(2)8-11-4-6-12(7-5-11)10(3)13(14)15/h4-7,9H,8H2,1-3H3. The van der Waals surface area contributed by atoms with Gasteiger partial charge in [0, 0.05) is 0 Å². The lowest BCUT2D eigenvalue weighted by atomic mass is 10.0. The minimum absolute atomic E-state index is 0.339. The molecule has 0 saturated carbocycles. The number of halogens is 2. The van der Waals surface area contributed by atoms with Gasteiger partial charge in [0.1, 0.15) is 4.49 Å². The summed E-state index contributed by atoms with van der Waals surface area (Å²) in [7, 11) is 0. The summed E-state index contributed by atoms with van der Waals surface area (Å²) < 4.78 is 0.339. The molecule has 0 amide bonds. The number of rotatable bonds is 3. The van der Waals surface area contributed by atoms with Crippen LogP contribution in [0, 0.1) is 5.92 Å². The van der Waals surface area contributed by atoms with E-state index in [0.717, 1.165) is 17.6 Å². The molecule has 0 N–H and O–H groups in total. The molecule has 82 valence electrons. The third-order valence-electron chi connectivity index (χ3n) is 2.31. The third-order valence-corrected chi connectivity index (χ3v) is 2.88. The van der Waals surface area contributed by atoms with E-state index in [2.05, 4.69) is 38.1 Å². The Kier molecular flexibility index (Phi) is 4.69. The molecule has 15 heavy (non-hydrogen) atoms. The molecule has 1 aromatic rings. The first-order valence-electron chi connectivity index (χ1n) is 5.12. The Morgan fingerprint density at radius 3 is 2.07 bits per heavy atom. The molecular formula is C13H16Cl2. The van der Waals surface area contributed by atoms with Gasteiger partial charge < -0.3 is 0 Å². The van der Waals surface area contributed by atoms with E-state index in [-0.39, 0.29) is 0 Å². The average molecular weight is 243 g/mol. The van der Waals surface area contributed by atoms with Crippen molar-refractivity contribution in [2.24, 2.45) is 5.92 Å². The molecule has 0 saturated heterocycles. The van der Waals surface area contributed by atoms with E-state index in [1.165, 1.54) is 5.56 Å². The van der Waals surface area contributed by atoms with Crippen LogP contribution in [0.25, 0.3) is 5.57 Å². The normalized spacial score (nSPS) is 10.5. The first-order valence-corrected chi connectivity index (χ1v) is 5.87. The van der Waals surface area contributed by atoms with Crippen LogP contribution in [0.2, 0.25) is 0 Å². The van der Waals surface area contributed by atoms with E-state index in [9.17, 15) is 0 Å². The molecule has 0 aromatic heterocycles. The van der Waals surface area contributed by atoms with Gasteiger partial charge in [-0.25, -0.2) is 0 Å². The summed E-state index contributed by atoms with van der Waals surface area (Å²) >= 11 is 11.5. The van der Waals surface area contributed by atoms with Crippen molar-refractivity contribution in [2.45, 2.75) is 27.2 Å². The molecule has 0 fully saturated rings. The number of benzene rings is 1. The highest BCUT2D eigenvalue weighted by molar-refractivity contribution is 6.58. The van der Waals surface area contributed by atoms with E-state index >= 15 is 0 Å². The van der Waals surface area contributed by atoms with E-state index in [1.807, 2.05) is 6.92 Å². The van der Waals surface area contributed by atoms with Crippen molar-refractivity contribution in [3.8, 4) is 0 Å². The summed E-state index contributed by atoms with van der Waals surface area (Å²) in [4.78, 5) is 0. The van der Waals surface area contributed by atoms with Crippen molar-refractivity contribution in [3.63, 3.8) is 0 Å². The Balaban J connectivity index is 2.86. The van der Waals surface area contributed by atoms with Crippen molar-refractivity contribution in [1.82, 2.24) is 0 Å². The Labute approximate surface area is 102 Å². The topological polar surface area (TPSA) is 0 Å². The second kappa shape index (κ2) is 5.58. The minimum Gasteiger partial charge on any atom is -0.0706 e. The van der Waals surface area contributed by atoms with Crippen LogP contribution in [0.4, 0.5) is 0 Å². The number of hydrogen-bond donors (Lipinski definition) is 0. The zero-order valence-corrected chi connectivity index (χ0v) is 10.9. The van der Waals surface area contributed by atoms with Crippen molar-refractivity contribution in [2.75, 3.05) is 0 Å². The molecule has 0 atom stereocenters. The van der Waals surface area contributed by atoms with Gasteiger partial charge >= 0.3 is 0 Å². The van der Waals surface area contributed by atoms with Gasteiger partial charge in [0.2, 0.25) is 0 Å². The Morgan fingerprint density at radius 2 is 1.67 bits per heavy atom. The van der Waals surface area contributed by atoms with Crippen LogP contribution >= 0.6 is 23.2 Å². The summed E-state index contributed by atoms with van der Waals surface area (Å²) in [5.74, 6) is 0.684. The lowest BCUT2D eigenvalue weighted by Crippen LogP contribution is -1.93. The molecule has 0 nitrogen and oxygen atoms in total. The maximum absolute atomic E-state index is 5.73. The van der Waals surface area contributed by atoms with Crippen molar-refractivity contribution in [1.29, 1.82) is 0 Å². The van der Waals surface area contributed by atoms with Gasteiger partial charge in [-0.3, -0.25) is 0 Å². The quantitative estimate of drug-likeness (QED) is 0.696. The second-order valence-electron chi connectivity index (χ2n) is 4.18. The average Bonchev–Trinajstić information content (AvgIpc) is 2.17. The van der Waals surface area contributed by atoms with Crippen LogP contribution < -0.4 is 0 Å². The van der Waals surface area contributed by atoms with Crippen LogP contribution in [0.1, 0.15) is 31.9 Å². The first kappa shape index (κ1) is 12.6. The second-order valence-corrected chi connectivity index (χ2v) is 5.13. The van der Waals surface area contributed by atoms with Gasteiger partial charge in [0.15, 0.2) is 0 Å². The van der Waals surface area contributed by atoms with Gasteiger partial charge in [-0.15, -0.1) is 0 Å². The highest BCUT2D eigenvalue weighted by Gasteiger charge is 2.01. The molecule has 0 heterocycles. The predicted octanol–water partition coefficient (Wildman–Crippen LogP) is 5.05. The van der Waals surface area contributed by atoms with Gasteiger partial charge in [-0.1, -0.05) is 61.3 Å². The van der Waals surface area contributed by atoms with Crippen molar-refractivity contribution in [3.05, 3.63) is 39.9 Å². The lowest BCUT2D eigenvalue weighted by Gasteiger charge is -2.06. The van der Waals surface area contributed by atoms with Crippen LogP contribution in [0.15, 0.2) is 28.8 Å². The van der Waals surface area contributed by atoms with Crippen molar-refractivity contribution < 1.29 is 0 Å². The van der Waals surface area contributed by atoms with E-state index in [0.29, 0.717) is 10.4 Å². The van der Waals surface area contributed by atoms with Crippen LogP contribution in [0.5, 0.6) is 0 Å². The molecule has 0 aliphatic rings. The summed E-state index contributed by atoms with van der Waals surface area (Å²) in [6.45, 7) is 6.36. The molecule has 2 heteroatoms. The lowest BCUT2D eigenvalue weighted by molar-refractivity contribution is 0.647. The highest BCUT2D eigenvalue weighted by Crippen LogP contribution is 2.24. The molecular weight excluding hydrogens is 227 g/mol. The Hall–Kier alpha value is -0.460. The van der Waals surface area contributed by atoms with Crippen LogP contribution in [-0.4, -0.2) is 0 Å². The zero-order chi connectivity index (χ0) is 11.4. The summed E-state index contributed by atoms with van der Waals surface area (Å²) in [5, 5.41) is 0. The summed E-state index contributed by atoms with van der Waals surface area (Å²) in [6.07, 6.45) is 1.11. The number of allylic oxidation sites excluding steroid dienone is 1. The largest absolute Gasteiger partial charge is 0.110 e. The molecule has 0 spiro atoms. The Morgan fingerprint density at radius 1 is 1.13 bits per heavy atom. The Bertz CT molecular complexity index is 343. The summed E-state index contributed by atoms with van der Waals surface area (Å²) in [5.41, 5.74) is 3.36. The molecule has 1 aromatic carbocycles. The predicted molar refractivity (Wildman–Crippen MR) is 69.3 cm³/mol. The molecule has 0 bridgehead atoms. The maximum atomic E-state index is 5.73. The van der Waals surface area contributed by atoms with Gasteiger partial charge in [-0.2, -0.15) is 0 Å². The smallest absolute Gasteiger partial charge is 0.0706 e. The van der Waals surface area contributed by atoms with Gasteiger partial charge in [0.25, 0.3) is 0 Å². The van der Waals surface area contributed by atoms with Gasteiger partial charge in [0.05, 0.1) is 0 Å². The molecule has 0 unspecified atom stereocenters. The fraction of sp³-hybridized carbons (Fsp3) is 0.385. The first-order chi connectivity index (χ1) is 7.00. The van der Waals surface area contributed by atoms with Crippen molar-refractivity contribution >= 4 is 28.8 Å². The van der Waals surface area contributed by atoms with Crippen LogP contribution in [0.3, 0.4) is 0 Å². The van der Waals surface area contributed by atoms with E-state index in [1.54, 1.807) is 0 Å². The van der Waals surface area contributed by atoms with Crippen LogP contribution in [-0.2, 0) is 6.42 Å². The van der Waals surface area contributed by atoms with E-state index in [4.69, 9.17) is 23.2 Å². The van der Waals surface area contributed by atoms with E-state index < -0.39 is 0 Å². The molecule has 0 aliphatic heterocycles. The summed E-state index contributed by atoms with van der Waals surface area (Å²) in [6, 6.07) is 8.40. The SMILES string of the molecule is CC(=C(Cl)Cl)c1ccc(CC(C)C)cc1. The third kappa shape index (κ3) is 3.89. The molecule has 0 aliphatic carbocycles. The fourth-order valence-corrected chi connectivity index (χ4v) is 1.69. The highest BCUT2D eigenvalue weighted by atomic mass is 35.5. The minimum atomic E-state index is 0.339. The molecule has 0 radical (unpaired) electrons. The fourth-order valence-electron chi connectivity index (χ4n) is 1.47. The number of hydrogen-bond acceptors (Lipinski definition) is 0. The maximum Gasteiger partial charge on any atom is 0.110 e. The zero-order valence-electron chi connectivity index (χ0n) is 9.35. The molecule has 1 rings (SSSR count). The van der Waals surface area contributed by atoms with Gasteiger partial charge in [-0.05, 0) is 36.0 Å².